The highest BCUT2D eigenvalue weighted by atomic mass is 127. The molecule has 3 rings (SSSR count). The molecule has 26 heavy (non-hydrogen) atoms. The van der Waals surface area contributed by atoms with Crippen LogP contribution in [-0.4, -0.2) is 31.6 Å². The Hall–Kier alpha value is -2.09. The van der Waals surface area contributed by atoms with Crippen molar-refractivity contribution in [1.82, 2.24) is 0 Å². The Kier molecular flexibility index (Phi) is 4.72. The minimum atomic E-state index is -1.12. The van der Waals surface area contributed by atoms with Gasteiger partial charge in [-0.15, -0.1) is 0 Å². The normalized spacial score (nSPS) is 14.9. The zero-order chi connectivity index (χ0) is 19.2. The Morgan fingerprint density at radius 2 is 1.69 bits per heavy atom. The van der Waals surface area contributed by atoms with E-state index in [9.17, 15) is 9.59 Å². The molecule has 1 aliphatic rings. The van der Waals surface area contributed by atoms with Gasteiger partial charge in [0.15, 0.2) is 5.78 Å². The summed E-state index contributed by atoms with van der Waals surface area (Å²) in [5, 5.41) is 0. The van der Waals surface area contributed by atoms with E-state index in [2.05, 4.69) is 22.6 Å². The second kappa shape index (κ2) is 6.57. The second-order valence-corrected chi connectivity index (χ2v) is 8.04. The second-order valence-electron chi connectivity index (χ2n) is 6.87. The van der Waals surface area contributed by atoms with Crippen LogP contribution in [0.3, 0.4) is 0 Å². The summed E-state index contributed by atoms with van der Waals surface area (Å²) in [6, 6.07) is 9.64. The van der Waals surface area contributed by atoms with Crippen molar-refractivity contribution in [2.45, 2.75) is 26.6 Å². The Morgan fingerprint density at radius 1 is 1.08 bits per heavy atom. The quantitative estimate of drug-likeness (QED) is 0.379. The lowest BCUT2D eigenvalue weighted by Crippen LogP contribution is -2.40. The average molecular weight is 465 g/mol. The summed E-state index contributed by atoms with van der Waals surface area (Å²) >= 11 is 2.14. The van der Waals surface area contributed by atoms with E-state index < -0.39 is 11.8 Å². The number of ketones is 1. The largest absolute Gasteiger partial charge is 0.451 e. The SMILES string of the molecule is CC(=O)c1cc(I)c(-c2ccc(N(C)C)cc2)c2c1OC(C)(C)OC2=O. The molecule has 0 amide bonds. The molecule has 2 aromatic rings. The number of Topliss-reactive ketones (excluding diaryl/α,β-unsaturated/α-hetero) is 1. The molecule has 0 saturated heterocycles. The highest BCUT2D eigenvalue weighted by molar-refractivity contribution is 14.1. The van der Waals surface area contributed by atoms with Gasteiger partial charge >= 0.3 is 5.97 Å². The molecule has 0 bridgehead atoms. The lowest BCUT2D eigenvalue weighted by Gasteiger charge is -2.34. The molecule has 0 radical (unpaired) electrons. The topological polar surface area (TPSA) is 55.8 Å². The van der Waals surface area contributed by atoms with Crippen LogP contribution in [0.15, 0.2) is 30.3 Å². The first kappa shape index (κ1) is 18.7. The van der Waals surface area contributed by atoms with Crippen molar-refractivity contribution >= 4 is 40.0 Å². The lowest BCUT2D eigenvalue weighted by atomic mass is 9.94. The van der Waals surface area contributed by atoms with Gasteiger partial charge in [0, 0.05) is 42.8 Å². The lowest BCUT2D eigenvalue weighted by molar-refractivity contribution is -0.127. The zero-order valence-corrected chi connectivity index (χ0v) is 17.5. The van der Waals surface area contributed by atoms with Gasteiger partial charge in [0.2, 0.25) is 5.79 Å². The highest BCUT2D eigenvalue weighted by Crippen LogP contribution is 2.43. The fraction of sp³-hybridized carbons (Fsp3) is 0.300. The van der Waals surface area contributed by atoms with Gasteiger partial charge in [-0.05, 0) is 53.3 Å². The predicted octanol–water partition coefficient (Wildman–Crippen LogP) is 4.51. The van der Waals surface area contributed by atoms with Crippen molar-refractivity contribution in [1.29, 1.82) is 0 Å². The Morgan fingerprint density at radius 3 is 2.23 bits per heavy atom. The van der Waals surface area contributed by atoms with E-state index in [0.29, 0.717) is 16.9 Å². The maximum absolute atomic E-state index is 12.8. The van der Waals surface area contributed by atoms with Crippen LogP contribution in [-0.2, 0) is 4.74 Å². The first-order chi connectivity index (χ1) is 12.1. The zero-order valence-electron chi connectivity index (χ0n) is 15.3. The molecule has 1 heterocycles. The number of halogens is 1. The number of nitrogens with zero attached hydrogens (tertiary/aromatic N) is 1. The predicted molar refractivity (Wildman–Crippen MR) is 109 cm³/mol. The van der Waals surface area contributed by atoms with Crippen LogP contribution in [0.5, 0.6) is 5.75 Å². The van der Waals surface area contributed by atoms with E-state index in [4.69, 9.17) is 9.47 Å². The molecule has 6 heteroatoms. The van der Waals surface area contributed by atoms with E-state index in [-0.39, 0.29) is 5.78 Å². The number of benzene rings is 2. The number of carbonyl (C=O) groups excluding carboxylic acids is 2. The van der Waals surface area contributed by atoms with Crippen molar-refractivity contribution in [3.63, 3.8) is 0 Å². The number of carbonyl (C=O) groups is 2. The average Bonchev–Trinajstić information content (AvgIpc) is 2.54. The molecule has 2 aromatic carbocycles. The van der Waals surface area contributed by atoms with E-state index in [1.807, 2.05) is 43.3 Å². The first-order valence-electron chi connectivity index (χ1n) is 8.18. The van der Waals surface area contributed by atoms with Gasteiger partial charge < -0.3 is 14.4 Å². The maximum Gasteiger partial charge on any atom is 0.345 e. The number of cyclic esters (lactones) is 1. The molecule has 0 unspecified atom stereocenters. The van der Waals surface area contributed by atoms with Crippen molar-refractivity contribution < 1.29 is 19.1 Å². The van der Waals surface area contributed by atoms with E-state index in [1.54, 1.807) is 19.9 Å². The summed E-state index contributed by atoms with van der Waals surface area (Å²) in [5.41, 5.74) is 3.34. The fourth-order valence-corrected chi connectivity index (χ4v) is 3.84. The molecule has 0 aliphatic carbocycles. The number of hydrogen-bond donors (Lipinski definition) is 0. The molecular weight excluding hydrogens is 445 g/mol. The third-order valence-corrected chi connectivity index (χ3v) is 5.02. The minimum absolute atomic E-state index is 0.154. The molecule has 5 nitrogen and oxygen atoms in total. The molecule has 0 fully saturated rings. The number of ether oxygens (including phenoxy) is 2. The Bertz CT molecular complexity index is 901. The number of anilines is 1. The number of esters is 1. The number of hydrogen-bond acceptors (Lipinski definition) is 5. The van der Waals surface area contributed by atoms with Crippen LogP contribution in [0.1, 0.15) is 41.5 Å². The Balaban J connectivity index is 2.27. The van der Waals surface area contributed by atoms with Crippen LogP contribution < -0.4 is 9.64 Å². The summed E-state index contributed by atoms with van der Waals surface area (Å²) in [4.78, 5) is 26.9. The number of fused-ring (bicyclic) bond motifs is 1. The van der Waals surface area contributed by atoms with Crippen LogP contribution in [0.25, 0.3) is 11.1 Å². The van der Waals surface area contributed by atoms with Crippen LogP contribution in [0.2, 0.25) is 0 Å². The molecule has 0 N–H and O–H groups in total. The van der Waals surface area contributed by atoms with E-state index in [0.717, 1.165) is 20.4 Å². The third-order valence-electron chi connectivity index (χ3n) is 4.17. The van der Waals surface area contributed by atoms with Gasteiger partial charge in [-0.2, -0.15) is 0 Å². The van der Waals surface area contributed by atoms with Crippen molar-refractivity contribution in [3.8, 4) is 16.9 Å². The number of rotatable bonds is 3. The van der Waals surface area contributed by atoms with Crippen LogP contribution in [0, 0.1) is 3.57 Å². The summed E-state index contributed by atoms with van der Waals surface area (Å²) in [6.45, 7) is 4.77. The van der Waals surface area contributed by atoms with Crippen molar-refractivity contribution in [2.75, 3.05) is 19.0 Å². The molecular formula is C20H20INO4. The maximum atomic E-state index is 12.8. The standard InChI is InChI=1S/C20H20INO4/c1-11(23)14-10-15(21)16(12-6-8-13(9-7-12)22(4)5)17-18(14)25-20(2,3)26-19(17)24/h6-10H,1-5H3. The van der Waals surface area contributed by atoms with E-state index in [1.165, 1.54) is 6.92 Å². The summed E-state index contributed by atoms with van der Waals surface area (Å²) in [5.74, 6) is -1.46. The summed E-state index contributed by atoms with van der Waals surface area (Å²) in [7, 11) is 3.94. The smallest absolute Gasteiger partial charge is 0.345 e. The molecule has 136 valence electrons. The van der Waals surface area contributed by atoms with Crippen LogP contribution in [0.4, 0.5) is 5.69 Å². The molecule has 0 saturated carbocycles. The van der Waals surface area contributed by atoms with Crippen LogP contribution >= 0.6 is 22.6 Å². The highest BCUT2D eigenvalue weighted by Gasteiger charge is 2.39. The molecule has 0 aromatic heterocycles. The van der Waals surface area contributed by atoms with Gasteiger partial charge in [0.25, 0.3) is 0 Å². The fourth-order valence-electron chi connectivity index (χ4n) is 2.94. The van der Waals surface area contributed by atoms with Crippen molar-refractivity contribution in [2.24, 2.45) is 0 Å². The van der Waals surface area contributed by atoms with Gasteiger partial charge in [-0.1, -0.05) is 12.1 Å². The molecule has 0 spiro atoms. The van der Waals surface area contributed by atoms with Gasteiger partial charge in [-0.25, -0.2) is 4.79 Å². The Labute approximate surface area is 166 Å². The monoisotopic (exact) mass is 465 g/mol. The third kappa shape index (κ3) is 3.30. The molecule has 1 aliphatic heterocycles. The van der Waals surface area contributed by atoms with Gasteiger partial charge in [-0.3, -0.25) is 4.79 Å². The first-order valence-corrected chi connectivity index (χ1v) is 9.26. The van der Waals surface area contributed by atoms with Gasteiger partial charge in [0.1, 0.15) is 11.3 Å². The van der Waals surface area contributed by atoms with Gasteiger partial charge in [0.05, 0.1) is 5.56 Å². The van der Waals surface area contributed by atoms with Crippen molar-refractivity contribution in [3.05, 3.63) is 45.0 Å². The molecule has 0 atom stereocenters. The summed E-state index contributed by atoms with van der Waals surface area (Å²) < 4.78 is 12.1. The minimum Gasteiger partial charge on any atom is -0.451 e. The van der Waals surface area contributed by atoms with E-state index >= 15 is 0 Å². The summed E-state index contributed by atoms with van der Waals surface area (Å²) in [6.07, 6.45) is 0.